The Morgan fingerprint density at radius 2 is 0.800 bits per heavy atom. The number of hydrogen-bond acceptors (Lipinski definition) is 3. The van der Waals surface area contributed by atoms with Gasteiger partial charge >= 0.3 is 17.1 Å². The zero-order valence-electron chi connectivity index (χ0n) is 9.07. The Morgan fingerprint density at radius 3 is 0.933 bits per heavy atom. The molecule has 0 fully saturated rings. The van der Waals surface area contributed by atoms with Gasteiger partial charge in [0.05, 0.1) is 0 Å². The summed E-state index contributed by atoms with van der Waals surface area (Å²) >= 11 is 0. The first kappa shape index (κ1) is 15.9. The second-order valence-electron chi connectivity index (χ2n) is 2.52. The van der Waals surface area contributed by atoms with Crippen molar-refractivity contribution in [2.75, 3.05) is 0 Å². The summed E-state index contributed by atoms with van der Waals surface area (Å²) in [7, 11) is 3.97. The summed E-state index contributed by atoms with van der Waals surface area (Å²) in [5.41, 5.74) is -1.82. The van der Waals surface area contributed by atoms with Crippen LogP contribution in [0.2, 0.25) is 0 Å². The van der Waals surface area contributed by atoms with Crippen molar-refractivity contribution in [3.8, 4) is 0 Å². The van der Waals surface area contributed by atoms with Crippen molar-refractivity contribution in [1.82, 2.24) is 13.7 Å². The molecule has 0 aromatic carbocycles. The zero-order valence-corrected chi connectivity index (χ0v) is 9.07. The standard InChI is InChI=1S/C6H9N3O3.C2H6.CH4/c1-7-4(10)8(2)6(12)9(3)5(7)11;1-2;/h1-3H3;1-2H3;1H4. The van der Waals surface area contributed by atoms with Gasteiger partial charge < -0.3 is 0 Å². The first-order valence-electron chi connectivity index (χ1n) is 4.30. The summed E-state index contributed by atoms with van der Waals surface area (Å²) in [6.45, 7) is 4.00. The molecule has 15 heavy (non-hydrogen) atoms. The molecule has 0 unspecified atom stereocenters. The topological polar surface area (TPSA) is 66.0 Å². The maximum Gasteiger partial charge on any atom is 0.335 e. The molecule has 0 radical (unpaired) electrons. The van der Waals surface area contributed by atoms with Crippen LogP contribution in [0.1, 0.15) is 21.3 Å². The molecule has 0 aliphatic carbocycles. The summed E-state index contributed by atoms with van der Waals surface area (Å²) in [4.78, 5) is 33.2. The van der Waals surface area contributed by atoms with E-state index in [0.29, 0.717) is 0 Å². The molecule has 0 aliphatic rings. The Balaban J connectivity index is 0. The van der Waals surface area contributed by atoms with E-state index in [2.05, 4.69) is 0 Å². The largest absolute Gasteiger partial charge is 0.335 e. The normalized spacial score (nSPS) is 8.60. The lowest BCUT2D eigenvalue weighted by Crippen LogP contribution is -2.51. The van der Waals surface area contributed by atoms with Crippen LogP contribution in [0.5, 0.6) is 0 Å². The molecule has 0 amide bonds. The number of aromatic nitrogens is 3. The van der Waals surface area contributed by atoms with Crippen LogP contribution >= 0.6 is 0 Å². The van der Waals surface area contributed by atoms with Gasteiger partial charge in [-0.2, -0.15) is 0 Å². The third-order valence-corrected chi connectivity index (χ3v) is 1.72. The van der Waals surface area contributed by atoms with Gasteiger partial charge in [-0.05, 0) is 0 Å². The van der Waals surface area contributed by atoms with Gasteiger partial charge in [0.2, 0.25) is 0 Å². The van der Waals surface area contributed by atoms with Crippen LogP contribution in [0.3, 0.4) is 0 Å². The lowest BCUT2D eigenvalue weighted by molar-refractivity contribution is 0.551. The quantitative estimate of drug-likeness (QED) is 0.585. The third kappa shape index (κ3) is 2.68. The van der Waals surface area contributed by atoms with E-state index in [1.165, 1.54) is 21.1 Å². The van der Waals surface area contributed by atoms with Gasteiger partial charge in [0.25, 0.3) is 0 Å². The van der Waals surface area contributed by atoms with Gasteiger partial charge in [-0.15, -0.1) is 0 Å². The van der Waals surface area contributed by atoms with Crippen LogP contribution in [0.4, 0.5) is 0 Å². The van der Waals surface area contributed by atoms with E-state index >= 15 is 0 Å². The van der Waals surface area contributed by atoms with E-state index in [4.69, 9.17) is 0 Å². The summed E-state index contributed by atoms with van der Waals surface area (Å²) in [6.07, 6.45) is 0. The highest BCUT2D eigenvalue weighted by atomic mass is 16.2. The molecule has 0 N–H and O–H groups in total. The summed E-state index contributed by atoms with van der Waals surface area (Å²) in [5, 5.41) is 0. The molecule has 0 spiro atoms. The average molecular weight is 217 g/mol. The van der Waals surface area contributed by atoms with Crippen LogP contribution in [0, 0.1) is 0 Å². The van der Waals surface area contributed by atoms with Crippen molar-refractivity contribution >= 4 is 0 Å². The van der Waals surface area contributed by atoms with Crippen LogP contribution in [0.25, 0.3) is 0 Å². The summed E-state index contributed by atoms with van der Waals surface area (Å²) in [6, 6.07) is 0. The first-order valence-corrected chi connectivity index (χ1v) is 4.30. The Kier molecular flexibility index (Phi) is 6.35. The fourth-order valence-electron chi connectivity index (χ4n) is 0.920. The van der Waals surface area contributed by atoms with Gasteiger partial charge in [0.1, 0.15) is 0 Å². The van der Waals surface area contributed by atoms with Gasteiger partial charge in [0.15, 0.2) is 0 Å². The van der Waals surface area contributed by atoms with Crippen molar-refractivity contribution in [2.45, 2.75) is 21.3 Å². The molecule has 6 nitrogen and oxygen atoms in total. The summed E-state index contributed by atoms with van der Waals surface area (Å²) < 4.78 is 2.63. The smallest absolute Gasteiger partial charge is 0.248 e. The molecule has 0 atom stereocenters. The number of nitrogens with zero attached hydrogens (tertiary/aromatic N) is 3. The Bertz CT molecular complexity index is 377. The molecule has 6 heteroatoms. The van der Waals surface area contributed by atoms with Crippen LogP contribution in [-0.2, 0) is 21.1 Å². The molecule has 0 saturated carbocycles. The van der Waals surface area contributed by atoms with E-state index in [0.717, 1.165) is 13.7 Å². The highest BCUT2D eigenvalue weighted by Crippen LogP contribution is 1.58. The minimum absolute atomic E-state index is 0. The van der Waals surface area contributed by atoms with Crippen LogP contribution < -0.4 is 17.1 Å². The molecule has 0 bridgehead atoms. The van der Waals surface area contributed by atoms with Crippen molar-refractivity contribution in [2.24, 2.45) is 21.1 Å². The van der Waals surface area contributed by atoms with Crippen molar-refractivity contribution in [3.05, 3.63) is 31.5 Å². The third-order valence-electron chi connectivity index (χ3n) is 1.72. The molecule has 1 aromatic rings. The predicted octanol–water partition coefficient (Wildman–Crippen LogP) is -0.555. The lowest BCUT2D eigenvalue weighted by Gasteiger charge is -2.02. The second-order valence-corrected chi connectivity index (χ2v) is 2.52. The van der Waals surface area contributed by atoms with Crippen molar-refractivity contribution in [3.63, 3.8) is 0 Å². The Labute approximate surface area is 88.4 Å². The van der Waals surface area contributed by atoms with Gasteiger partial charge in [-0.3, -0.25) is 0 Å². The van der Waals surface area contributed by atoms with Gasteiger partial charge in [-0.25, -0.2) is 28.1 Å². The number of rotatable bonds is 0. The maximum absolute atomic E-state index is 11.1. The highest BCUT2D eigenvalue weighted by molar-refractivity contribution is 4.73. The summed E-state index contributed by atoms with van der Waals surface area (Å²) in [5.74, 6) is 0. The highest BCUT2D eigenvalue weighted by Gasteiger charge is 2.05. The SMILES string of the molecule is C.CC.Cn1c(=O)n(C)c(=O)n(C)c1=O. The molecule has 88 valence electrons. The van der Waals surface area contributed by atoms with E-state index < -0.39 is 17.1 Å². The molecular weight excluding hydrogens is 198 g/mol. The van der Waals surface area contributed by atoms with E-state index in [-0.39, 0.29) is 7.43 Å². The van der Waals surface area contributed by atoms with Gasteiger partial charge in [-0.1, -0.05) is 21.3 Å². The molecular formula is C9H19N3O3. The Hall–Kier alpha value is -1.59. The minimum atomic E-state index is -0.608. The van der Waals surface area contributed by atoms with E-state index in [1.807, 2.05) is 13.8 Å². The average Bonchev–Trinajstić information content (AvgIpc) is 2.24. The van der Waals surface area contributed by atoms with Crippen molar-refractivity contribution in [1.29, 1.82) is 0 Å². The molecule has 0 saturated heterocycles. The molecule has 1 heterocycles. The lowest BCUT2D eigenvalue weighted by atomic mass is 10.8. The fraction of sp³-hybridized carbons (Fsp3) is 0.667. The van der Waals surface area contributed by atoms with E-state index in [9.17, 15) is 14.4 Å². The Morgan fingerprint density at radius 1 is 0.667 bits per heavy atom. The van der Waals surface area contributed by atoms with Crippen LogP contribution in [0.15, 0.2) is 14.4 Å². The van der Waals surface area contributed by atoms with Gasteiger partial charge in [0, 0.05) is 21.1 Å². The van der Waals surface area contributed by atoms with Crippen molar-refractivity contribution < 1.29 is 0 Å². The predicted molar refractivity (Wildman–Crippen MR) is 60.2 cm³/mol. The molecule has 1 aromatic heterocycles. The zero-order chi connectivity index (χ0) is 11.5. The fourth-order valence-corrected chi connectivity index (χ4v) is 0.920. The van der Waals surface area contributed by atoms with E-state index in [1.54, 1.807) is 0 Å². The minimum Gasteiger partial charge on any atom is -0.248 e. The maximum atomic E-state index is 11.1. The second kappa shape index (κ2) is 6.00. The number of hydrogen-bond donors (Lipinski definition) is 0. The first-order chi connectivity index (χ1) is 6.46. The molecule has 0 aliphatic heterocycles. The molecule has 1 rings (SSSR count). The van der Waals surface area contributed by atoms with Crippen LogP contribution in [-0.4, -0.2) is 13.7 Å². The monoisotopic (exact) mass is 217 g/mol.